The molecule has 0 aliphatic carbocycles. The molecule has 0 spiro atoms. The van der Waals surface area contributed by atoms with Crippen molar-refractivity contribution >= 4 is 17.0 Å². The van der Waals surface area contributed by atoms with E-state index < -0.39 is 40.4 Å². The topological polar surface area (TPSA) is 92.3 Å². The Bertz CT molecular complexity index is 767. The smallest absolute Gasteiger partial charge is 0.433 e. The van der Waals surface area contributed by atoms with Gasteiger partial charge >= 0.3 is 12.1 Å². The molecule has 21 heavy (non-hydrogen) atoms. The van der Waals surface area contributed by atoms with E-state index in [1.807, 2.05) is 4.98 Å². The molecule has 0 atom stereocenters. The lowest BCUT2D eigenvalue weighted by atomic mass is 10.1. The number of pyridine rings is 2. The van der Waals surface area contributed by atoms with E-state index in [0.29, 0.717) is 6.07 Å². The minimum atomic E-state index is -4.69. The Hall–Kier alpha value is -2.58. The summed E-state index contributed by atoms with van der Waals surface area (Å²) in [5.41, 5.74) is -3.45. The molecule has 9 heteroatoms. The molecule has 0 aliphatic heterocycles. The number of aromatic amines is 1. The predicted octanol–water partition coefficient (Wildman–Crippen LogP) is 1.82. The molecule has 0 saturated carbocycles. The van der Waals surface area contributed by atoms with E-state index in [1.165, 1.54) is 6.92 Å². The standard InChI is InChI=1S/C12H9F3N2O4/c1-2-21-11(20)7-8(18)5-3-4-6(12(13,14)15)16-9(5)17-10(7)19/h3-4H,2H2,1H3,(H2,16,17,18,19). The van der Waals surface area contributed by atoms with Gasteiger partial charge in [0.2, 0.25) is 0 Å². The molecule has 6 nitrogen and oxygen atoms in total. The average Bonchev–Trinajstić information content (AvgIpc) is 2.37. The van der Waals surface area contributed by atoms with Gasteiger partial charge in [0, 0.05) is 0 Å². The molecule has 2 N–H and O–H groups in total. The van der Waals surface area contributed by atoms with Crippen LogP contribution in [0, 0.1) is 0 Å². The fraction of sp³-hybridized carbons (Fsp3) is 0.250. The molecule has 0 unspecified atom stereocenters. The van der Waals surface area contributed by atoms with Gasteiger partial charge in [0.1, 0.15) is 17.1 Å². The first-order valence-corrected chi connectivity index (χ1v) is 5.76. The average molecular weight is 302 g/mol. The second-order valence-corrected chi connectivity index (χ2v) is 3.99. The summed E-state index contributed by atoms with van der Waals surface area (Å²) in [6, 6.07) is 1.55. The molecule has 0 amide bonds. The van der Waals surface area contributed by atoms with Gasteiger partial charge in [-0.05, 0) is 19.1 Å². The van der Waals surface area contributed by atoms with E-state index in [-0.39, 0.29) is 12.0 Å². The first-order valence-electron chi connectivity index (χ1n) is 5.76. The van der Waals surface area contributed by atoms with E-state index in [2.05, 4.69) is 9.72 Å². The summed E-state index contributed by atoms with van der Waals surface area (Å²) < 4.78 is 42.2. The molecule has 2 heterocycles. The molecule has 0 aliphatic rings. The third-order valence-electron chi connectivity index (χ3n) is 2.62. The number of carbonyl (C=O) groups excluding carboxylic acids is 1. The summed E-state index contributed by atoms with van der Waals surface area (Å²) in [4.78, 5) is 28.5. The maximum atomic E-state index is 12.5. The van der Waals surface area contributed by atoms with Crippen molar-refractivity contribution in [1.29, 1.82) is 0 Å². The van der Waals surface area contributed by atoms with Crippen molar-refractivity contribution in [2.75, 3.05) is 6.61 Å². The fourth-order valence-electron chi connectivity index (χ4n) is 1.71. The lowest BCUT2D eigenvalue weighted by Gasteiger charge is -2.09. The van der Waals surface area contributed by atoms with Crippen molar-refractivity contribution in [2.45, 2.75) is 13.1 Å². The van der Waals surface area contributed by atoms with Crippen LogP contribution in [0.3, 0.4) is 0 Å². The van der Waals surface area contributed by atoms with E-state index in [9.17, 15) is 27.9 Å². The van der Waals surface area contributed by atoms with E-state index >= 15 is 0 Å². The van der Waals surface area contributed by atoms with E-state index in [0.717, 1.165) is 6.07 Å². The maximum Gasteiger partial charge on any atom is 0.433 e. The highest BCUT2D eigenvalue weighted by atomic mass is 19.4. The third kappa shape index (κ3) is 2.67. The SMILES string of the molecule is CCOC(=O)c1c(O)c2ccc(C(F)(F)F)nc2[nH]c1=O. The number of rotatable bonds is 2. The number of alkyl halides is 3. The highest BCUT2D eigenvalue weighted by Gasteiger charge is 2.33. The molecule has 2 rings (SSSR count). The molecular formula is C12H9F3N2O4. The second-order valence-electron chi connectivity index (χ2n) is 3.99. The zero-order valence-corrected chi connectivity index (χ0v) is 10.6. The normalized spacial score (nSPS) is 11.6. The molecular weight excluding hydrogens is 293 g/mol. The zero-order valence-electron chi connectivity index (χ0n) is 10.6. The van der Waals surface area contributed by atoms with Crippen LogP contribution in [-0.4, -0.2) is 27.7 Å². The van der Waals surface area contributed by atoms with Crippen molar-refractivity contribution < 1.29 is 27.8 Å². The van der Waals surface area contributed by atoms with Crippen molar-refractivity contribution in [1.82, 2.24) is 9.97 Å². The number of H-pyrrole nitrogens is 1. The number of hydrogen-bond donors (Lipinski definition) is 2. The summed E-state index contributed by atoms with van der Waals surface area (Å²) in [6.45, 7) is 1.47. The zero-order chi connectivity index (χ0) is 15.8. The van der Waals surface area contributed by atoms with Gasteiger partial charge in [-0.3, -0.25) is 4.79 Å². The van der Waals surface area contributed by atoms with Crippen LogP contribution < -0.4 is 5.56 Å². The van der Waals surface area contributed by atoms with Crippen molar-refractivity contribution in [3.05, 3.63) is 33.7 Å². The van der Waals surface area contributed by atoms with Crippen LogP contribution in [0.15, 0.2) is 16.9 Å². The highest BCUT2D eigenvalue weighted by molar-refractivity contribution is 5.98. The van der Waals surface area contributed by atoms with Crippen molar-refractivity contribution in [2.24, 2.45) is 0 Å². The number of carbonyl (C=O) groups is 1. The maximum absolute atomic E-state index is 12.5. The van der Waals surface area contributed by atoms with Gasteiger partial charge in [-0.2, -0.15) is 13.2 Å². The number of fused-ring (bicyclic) bond motifs is 1. The van der Waals surface area contributed by atoms with Crippen LogP contribution in [0.5, 0.6) is 5.75 Å². The fourth-order valence-corrected chi connectivity index (χ4v) is 1.71. The number of halogens is 3. The van der Waals surface area contributed by atoms with Crippen molar-refractivity contribution in [3.8, 4) is 5.75 Å². The van der Waals surface area contributed by atoms with E-state index in [4.69, 9.17) is 0 Å². The molecule has 112 valence electrons. The number of esters is 1. The van der Waals surface area contributed by atoms with E-state index in [1.54, 1.807) is 0 Å². The minimum Gasteiger partial charge on any atom is -0.506 e. The monoisotopic (exact) mass is 302 g/mol. The lowest BCUT2D eigenvalue weighted by molar-refractivity contribution is -0.141. The number of ether oxygens (including phenoxy) is 1. The minimum absolute atomic E-state index is 0.0268. The van der Waals surface area contributed by atoms with Gasteiger partial charge in [-0.25, -0.2) is 9.78 Å². The summed E-state index contributed by atoms with van der Waals surface area (Å²) in [5, 5.41) is 9.69. The quantitative estimate of drug-likeness (QED) is 0.826. The number of aromatic hydroxyl groups is 1. The molecule has 2 aromatic heterocycles. The predicted molar refractivity (Wildman–Crippen MR) is 65.0 cm³/mol. The molecule has 0 aromatic carbocycles. The van der Waals surface area contributed by atoms with Crippen LogP contribution >= 0.6 is 0 Å². The van der Waals surface area contributed by atoms with Gasteiger partial charge in [0.15, 0.2) is 5.56 Å². The lowest BCUT2D eigenvalue weighted by Crippen LogP contribution is -2.21. The Labute approximate surface area is 115 Å². The largest absolute Gasteiger partial charge is 0.506 e. The van der Waals surface area contributed by atoms with Crippen LogP contribution in [0.2, 0.25) is 0 Å². The molecule has 2 aromatic rings. The number of hydrogen-bond acceptors (Lipinski definition) is 5. The summed E-state index contributed by atoms with van der Waals surface area (Å²) >= 11 is 0. The molecule has 0 bridgehead atoms. The second kappa shape index (κ2) is 5.08. The van der Waals surface area contributed by atoms with Crippen molar-refractivity contribution in [3.63, 3.8) is 0 Å². The summed E-state index contributed by atoms with van der Waals surface area (Å²) in [7, 11) is 0. The van der Waals surface area contributed by atoms with Gasteiger partial charge in [0.25, 0.3) is 5.56 Å². The Morgan fingerprint density at radius 3 is 2.67 bits per heavy atom. The summed E-state index contributed by atoms with van der Waals surface area (Å²) in [6.07, 6.45) is -4.69. The van der Waals surface area contributed by atoms with Gasteiger partial charge in [0.05, 0.1) is 12.0 Å². The molecule has 0 radical (unpaired) electrons. The first-order chi connectivity index (χ1) is 9.75. The number of nitrogens with zero attached hydrogens (tertiary/aromatic N) is 1. The Morgan fingerprint density at radius 2 is 2.10 bits per heavy atom. The van der Waals surface area contributed by atoms with Crippen LogP contribution in [0.25, 0.3) is 11.0 Å². The van der Waals surface area contributed by atoms with Gasteiger partial charge < -0.3 is 14.8 Å². The number of aromatic nitrogens is 2. The Kier molecular flexibility index (Phi) is 3.58. The molecule has 0 saturated heterocycles. The Balaban J connectivity index is 2.69. The molecule has 0 fully saturated rings. The number of nitrogens with one attached hydrogen (secondary N) is 1. The Morgan fingerprint density at radius 1 is 1.43 bits per heavy atom. The highest BCUT2D eigenvalue weighted by Crippen LogP contribution is 2.31. The van der Waals surface area contributed by atoms with Crippen LogP contribution in [0.1, 0.15) is 23.0 Å². The first kappa shape index (κ1) is 14.8. The van der Waals surface area contributed by atoms with Crippen LogP contribution in [-0.2, 0) is 10.9 Å². The van der Waals surface area contributed by atoms with Gasteiger partial charge in [-0.15, -0.1) is 0 Å². The van der Waals surface area contributed by atoms with Gasteiger partial charge in [-0.1, -0.05) is 0 Å². The summed E-state index contributed by atoms with van der Waals surface area (Å²) in [5.74, 6) is -1.84. The third-order valence-corrected chi connectivity index (χ3v) is 2.62. The van der Waals surface area contributed by atoms with Crippen LogP contribution in [0.4, 0.5) is 13.2 Å².